The molecule has 0 N–H and O–H groups in total. The maximum absolute atomic E-state index is 13.3. The second-order valence-corrected chi connectivity index (χ2v) is 12.3. The van der Waals surface area contributed by atoms with Gasteiger partial charge in [0.05, 0.1) is 29.1 Å². The second-order valence-electron chi connectivity index (χ2n) is 9.03. The zero-order chi connectivity index (χ0) is 23.6. The Labute approximate surface area is 204 Å². The molecule has 33 heavy (non-hydrogen) atoms. The van der Waals surface area contributed by atoms with Crippen molar-refractivity contribution in [2.45, 2.75) is 50.7 Å². The van der Waals surface area contributed by atoms with Crippen molar-refractivity contribution in [2.75, 3.05) is 6.54 Å². The van der Waals surface area contributed by atoms with Gasteiger partial charge in [0, 0.05) is 18.1 Å². The van der Waals surface area contributed by atoms with Crippen molar-refractivity contribution in [3.05, 3.63) is 69.1 Å². The van der Waals surface area contributed by atoms with Gasteiger partial charge >= 0.3 is 0 Å². The Balaban J connectivity index is 1.64. The van der Waals surface area contributed by atoms with Gasteiger partial charge in [-0.15, -0.1) is 11.3 Å². The Morgan fingerprint density at radius 2 is 2.06 bits per heavy atom. The number of hydrogen-bond donors (Lipinski definition) is 0. The summed E-state index contributed by atoms with van der Waals surface area (Å²) in [4.78, 5) is 20.0. The number of nitrogens with zero attached hydrogens (tertiary/aromatic N) is 3. The summed E-state index contributed by atoms with van der Waals surface area (Å²) in [5, 5.41) is 2.43. The van der Waals surface area contributed by atoms with E-state index in [-0.39, 0.29) is 22.7 Å². The number of thiophene rings is 1. The SMILES string of the molecule is CC(C)Cn1c(CN(CC2CC2)C(=O)c2cccs2)cnc1S(=O)(=O)Cc1cccc(Cl)c1. The fourth-order valence-electron chi connectivity index (χ4n) is 3.82. The van der Waals surface area contributed by atoms with E-state index < -0.39 is 9.84 Å². The van der Waals surface area contributed by atoms with Gasteiger partial charge in [0.2, 0.25) is 15.0 Å². The van der Waals surface area contributed by atoms with E-state index in [2.05, 4.69) is 4.98 Å². The highest BCUT2D eigenvalue weighted by Gasteiger charge is 2.30. The monoisotopic (exact) mass is 505 g/mol. The molecule has 0 aliphatic heterocycles. The van der Waals surface area contributed by atoms with E-state index in [1.54, 1.807) is 35.0 Å². The Hall–Kier alpha value is -2.16. The van der Waals surface area contributed by atoms with E-state index in [0.717, 1.165) is 18.5 Å². The van der Waals surface area contributed by atoms with Gasteiger partial charge in [-0.2, -0.15) is 0 Å². The number of sulfone groups is 1. The molecule has 1 aliphatic rings. The number of amides is 1. The van der Waals surface area contributed by atoms with Gasteiger partial charge in [-0.25, -0.2) is 13.4 Å². The summed E-state index contributed by atoms with van der Waals surface area (Å²) in [6.07, 6.45) is 3.85. The molecule has 1 amide bonds. The maximum Gasteiger partial charge on any atom is 0.264 e. The minimum absolute atomic E-state index is 0.0162. The molecular formula is C24H28ClN3O3S2. The summed E-state index contributed by atoms with van der Waals surface area (Å²) in [6.45, 7) is 5.59. The lowest BCUT2D eigenvalue weighted by atomic mass is 10.2. The summed E-state index contributed by atoms with van der Waals surface area (Å²) in [7, 11) is -3.70. The Morgan fingerprint density at radius 1 is 1.27 bits per heavy atom. The quantitative estimate of drug-likeness (QED) is 0.375. The van der Waals surface area contributed by atoms with Crippen molar-refractivity contribution < 1.29 is 13.2 Å². The van der Waals surface area contributed by atoms with E-state index in [0.29, 0.717) is 41.0 Å². The molecule has 0 bridgehead atoms. The molecule has 2 aromatic heterocycles. The Bertz CT molecular complexity index is 1220. The fourth-order valence-corrected chi connectivity index (χ4v) is 6.21. The first-order valence-corrected chi connectivity index (χ1v) is 14.0. The molecule has 0 atom stereocenters. The predicted molar refractivity (Wildman–Crippen MR) is 131 cm³/mol. The van der Waals surface area contributed by atoms with E-state index in [1.807, 2.05) is 36.3 Å². The smallest absolute Gasteiger partial charge is 0.264 e. The van der Waals surface area contributed by atoms with E-state index >= 15 is 0 Å². The molecule has 0 unspecified atom stereocenters. The van der Waals surface area contributed by atoms with Crippen LogP contribution in [-0.2, 0) is 28.7 Å². The highest BCUT2D eigenvalue weighted by atomic mass is 35.5. The van der Waals surface area contributed by atoms with Crippen LogP contribution in [0.1, 0.15) is 47.6 Å². The molecule has 1 aromatic carbocycles. The van der Waals surface area contributed by atoms with E-state index in [9.17, 15) is 13.2 Å². The summed E-state index contributed by atoms with van der Waals surface area (Å²) < 4.78 is 28.4. The van der Waals surface area contributed by atoms with E-state index in [1.165, 1.54) is 11.3 Å². The summed E-state index contributed by atoms with van der Waals surface area (Å²) >= 11 is 7.47. The van der Waals surface area contributed by atoms with Crippen LogP contribution in [0.2, 0.25) is 5.02 Å². The molecule has 0 radical (unpaired) electrons. The van der Waals surface area contributed by atoms with Crippen LogP contribution in [0.4, 0.5) is 0 Å². The van der Waals surface area contributed by atoms with Crippen LogP contribution in [0, 0.1) is 11.8 Å². The average Bonchev–Trinajstić information content (AvgIpc) is 3.21. The van der Waals surface area contributed by atoms with Gasteiger partial charge in [-0.3, -0.25) is 4.79 Å². The Kier molecular flexibility index (Phi) is 7.26. The van der Waals surface area contributed by atoms with Crippen LogP contribution in [0.3, 0.4) is 0 Å². The summed E-state index contributed by atoms with van der Waals surface area (Å²) in [5.74, 6) is 0.532. The van der Waals surface area contributed by atoms with Gasteiger partial charge in [0.25, 0.3) is 5.91 Å². The molecule has 2 heterocycles. The first kappa shape index (κ1) is 24.0. The molecule has 0 saturated heterocycles. The van der Waals surface area contributed by atoms with Crippen molar-refractivity contribution in [3.8, 4) is 0 Å². The zero-order valence-corrected chi connectivity index (χ0v) is 21.2. The first-order valence-electron chi connectivity index (χ1n) is 11.1. The minimum Gasteiger partial charge on any atom is -0.332 e. The maximum atomic E-state index is 13.3. The first-order chi connectivity index (χ1) is 15.7. The van der Waals surface area contributed by atoms with Crippen LogP contribution in [0.15, 0.2) is 53.1 Å². The Morgan fingerprint density at radius 3 is 2.70 bits per heavy atom. The predicted octanol–water partition coefficient (Wildman–Crippen LogP) is 5.28. The third kappa shape index (κ3) is 6.05. The molecular weight excluding hydrogens is 478 g/mol. The van der Waals surface area contributed by atoms with Crippen molar-refractivity contribution in [2.24, 2.45) is 11.8 Å². The van der Waals surface area contributed by atoms with Crippen LogP contribution in [0.25, 0.3) is 0 Å². The normalized spacial score (nSPS) is 14.1. The zero-order valence-electron chi connectivity index (χ0n) is 18.8. The molecule has 4 rings (SSSR count). The molecule has 176 valence electrons. The van der Waals surface area contributed by atoms with Gasteiger partial charge in [-0.05, 0) is 53.8 Å². The molecule has 1 fully saturated rings. The fraction of sp³-hybridized carbons (Fsp3) is 0.417. The van der Waals surface area contributed by atoms with Gasteiger partial charge < -0.3 is 9.47 Å². The number of hydrogen-bond acceptors (Lipinski definition) is 5. The highest BCUT2D eigenvalue weighted by Crippen LogP contribution is 2.31. The molecule has 9 heteroatoms. The van der Waals surface area contributed by atoms with Crippen molar-refractivity contribution in [3.63, 3.8) is 0 Å². The van der Waals surface area contributed by atoms with Gasteiger partial charge in [0.15, 0.2) is 0 Å². The third-order valence-electron chi connectivity index (χ3n) is 5.52. The molecule has 6 nitrogen and oxygen atoms in total. The van der Waals surface area contributed by atoms with Crippen LogP contribution in [-0.4, -0.2) is 35.3 Å². The molecule has 3 aromatic rings. The highest BCUT2D eigenvalue weighted by molar-refractivity contribution is 7.90. The standard InChI is InChI=1S/C24H28ClN3O3S2/c1-17(2)13-28-21(15-27(14-18-8-9-18)23(29)22-7-4-10-32-22)12-26-24(28)33(30,31)16-19-5-3-6-20(25)11-19/h3-7,10-12,17-18H,8-9,13-16H2,1-2H3. The number of aromatic nitrogens is 2. The van der Waals surface area contributed by atoms with Crippen molar-refractivity contribution in [1.82, 2.24) is 14.5 Å². The summed E-state index contributed by atoms with van der Waals surface area (Å²) in [5.41, 5.74) is 1.35. The van der Waals surface area contributed by atoms with Crippen molar-refractivity contribution >= 4 is 38.7 Å². The number of halogens is 1. The van der Waals surface area contributed by atoms with Crippen LogP contribution >= 0.6 is 22.9 Å². The van der Waals surface area contributed by atoms with Crippen molar-refractivity contribution in [1.29, 1.82) is 0 Å². The largest absolute Gasteiger partial charge is 0.332 e. The molecule has 0 spiro atoms. The lowest BCUT2D eigenvalue weighted by Gasteiger charge is -2.23. The van der Waals surface area contributed by atoms with Crippen LogP contribution < -0.4 is 0 Å². The topological polar surface area (TPSA) is 72.3 Å². The number of benzene rings is 1. The third-order valence-corrected chi connectivity index (χ3v) is 8.21. The second kappa shape index (κ2) is 9.99. The number of carbonyl (C=O) groups excluding carboxylic acids is 1. The molecule has 1 aliphatic carbocycles. The average molecular weight is 506 g/mol. The number of imidazole rings is 1. The number of rotatable bonds is 10. The summed E-state index contributed by atoms with van der Waals surface area (Å²) in [6, 6.07) is 10.6. The molecule has 1 saturated carbocycles. The number of carbonyl (C=O) groups is 1. The van der Waals surface area contributed by atoms with Gasteiger partial charge in [0.1, 0.15) is 0 Å². The minimum atomic E-state index is -3.70. The lowest BCUT2D eigenvalue weighted by Crippen LogP contribution is -2.33. The van der Waals surface area contributed by atoms with Crippen LogP contribution in [0.5, 0.6) is 0 Å². The van der Waals surface area contributed by atoms with E-state index in [4.69, 9.17) is 11.6 Å². The van der Waals surface area contributed by atoms with Gasteiger partial charge in [-0.1, -0.05) is 43.6 Å². The lowest BCUT2D eigenvalue weighted by molar-refractivity contribution is 0.0735.